The van der Waals surface area contributed by atoms with Crippen molar-refractivity contribution in [3.05, 3.63) is 0 Å². The van der Waals surface area contributed by atoms with Crippen LogP contribution in [0.5, 0.6) is 0 Å². The van der Waals surface area contributed by atoms with Gasteiger partial charge in [-0.2, -0.15) is 0 Å². The number of hydrogen-bond donors (Lipinski definition) is 1. The predicted octanol–water partition coefficient (Wildman–Crippen LogP) is 3.58. The Hall–Kier alpha value is -0.0800. The van der Waals surface area contributed by atoms with Gasteiger partial charge in [-0.1, -0.05) is 19.8 Å². The van der Waals surface area contributed by atoms with Crippen LogP contribution in [0.3, 0.4) is 0 Å². The molecule has 0 spiro atoms. The summed E-state index contributed by atoms with van der Waals surface area (Å²) in [5, 5.41) is 9.67. The maximum absolute atomic E-state index is 9.67. The minimum Gasteiger partial charge on any atom is -0.393 e. The van der Waals surface area contributed by atoms with Crippen LogP contribution in [0.2, 0.25) is 0 Å². The minimum absolute atomic E-state index is 0.136. The Labute approximate surface area is 113 Å². The molecule has 2 unspecified atom stereocenters. The number of hydrogen-bond acceptors (Lipinski definition) is 2. The van der Waals surface area contributed by atoms with E-state index < -0.39 is 0 Å². The van der Waals surface area contributed by atoms with Crippen LogP contribution < -0.4 is 0 Å². The summed E-state index contributed by atoms with van der Waals surface area (Å²) in [7, 11) is 0. The van der Waals surface area contributed by atoms with Crippen molar-refractivity contribution in [1.29, 1.82) is 0 Å². The Balaban J connectivity index is 1.88. The van der Waals surface area contributed by atoms with E-state index in [2.05, 4.69) is 11.8 Å². The summed E-state index contributed by atoms with van der Waals surface area (Å²) < 4.78 is 0. The Morgan fingerprint density at radius 1 is 1.11 bits per heavy atom. The zero-order valence-electron chi connectivity index (χ0n) is 12.3. The molecule has 0 aromatic rings. The minimum atomic E-state index is -0.136. The number of rotatable bonds is 4. The summed E-state index contributed by atoms with van der Waals surface area (Å²) >= 11 is 0. The molecule has 106 valence electrons. The number of aliphatic hydroxyl groups excluding tert-OH is 1. The maximum Gasteiger partial charge on any atom is 0.0527 e. The van der Waals surface area contributed by atoms with Crippen LogP contribution in [-0.2, 0) is 0 Å². The van der Waals surface area contributed by atoms with E-state index in [1.54, 1.807) is 0 Å². The van der Waals surface area contributed by atoms with Crippen LogP contribution in [0.4, 0.5) is 0 Å². The molecule has 1 aliphatic carbocycles. The number of nitrogens with zero attached hydrogens (tertiary/aromatic N) is 1. The monoisotopic (exact) mass is 253 g/mol. The molecule has 0 aromatic heterocycles. The Bertz CT molecular complexity index is 233. The van der Waals surface area contributed by atoms with Gasteiger partial charge in [-0.15, -0.1) is 0 Å². The summed E-state index contributed by atoms with van der Waals surface area (Å²) in [4.78, 5) is 2.75. The fourth-order valence-electron chi connectivity index (χ4n) is 4.04. The quantitative estimate of drug-likeness (QED) is 0.828. The third-order valence-electron chi connectivity index (χ3n) is 5.15. The van der Waals surface area contributed by atoms with Crippen LogP contribution in [0.1, 0.15) is 71.6 Å². The van der Waals surface area contributed by atoms with Crippen molar-refractivity contribution in [2.75, 3.05) is 6.54 Å². The largest absolute Gasteiger partial charge is 0.393 e. The normalized spacial score (nSPS) is 36.5. The maximum atomic E-state index is 9.67. The second-order valence-electron chi connectivity index (χ2n) is 6.55. The van der Waals surface area contributed by atoms with Gasteiger partial charge < -0.3 is 5.11 Å². The molecule has 1 N–H and O–H groups in total. The molecule has 2 fully saturated rings. The van der Waals surface area contributed by atoms with Crippen LogP contribution in [-0.4, -0.2) is 34.7 Å². The van der Waals surface area contributed by atoms with E-state index in [-0.39, 0.29) is 6.10 Å². The molecule has 1 heterocycles. The fraction of sp³-hybridized carbons (Fsp3) is 1.00. The SMILES string of the molecule is CCC1CCC(N2CCCCC2CC(C)O)CC1. The molecular weight excluding hydrogens is 222 g/mol. The third-order valence-corrected chi connectivity index (χ3v) is 5.15. The predicted molar refractivity (Wildman–Crippen MR) is 76.7 cm³/mol. The Kier molecular flexibility index (Phi) is 5.50. The topological polar surface area (TPSA) is 23.5 Å². The van der Waals surface area contributed by atoms with Crippen LogP contribution in [0.25, 0.3) is 0 Å². The van der Waals surface area contributed by atoms with Gasteiger partial charge in [0.1, 0.15) is 0 Å². The molecule has 0 aromatic carbocycles. The van der Waals surface area contributed by atoms with E-state index in [0.29, 0.717) is 6.04 Å². The summed E-state index contributed by atoms with van der Waals surface area (Å²) in [6.45, 7) is 5.56. The van der Waals surface area contributed by atoms with E-state index in [9.17, 15) is 5.11 Å². The second kappa shape index (κ2) is 6.91. The van der Waals surface area contributed by atoms with Gasteiger partial charge in [-0.3, -0.25) is 4.90 Å². The first kappa shape index (κ1) is 14.3. The van der Waals surface area contributed by atoms with Gasteiger partial charge in [0, 0.05) is 12.1 Å². The molecule has 2 heteroatoms. The van der Waals surface area contributed by atoms with Crippen LogP contribution in [0.15, 0.2) is 0 Å². The van der Waals surface area contributed by atoms with Crippen molar-refractivity contribution in [2.24, 2.45) is 5.92 Å². The molecule has 0 radical (unpaired) electrons. The van der Waals surface area contributed by atoms with Crippen molar-refractivity contribution in [1.82, 2.24) is 4.90 Å². The van der Waals surface area contributed by atoms with Gasteiger partial charge in [0.2, 0.25) is 0 Å². The molecule has 2 rings (SSSR count). The first-order valence-corrected chi connectivity index (χ1v) is 8.14. The Morgan fingerprint density at radius 2 is 1.83 bits per heavy atom. The smallest absolute Gasteiger partial charge is 0.0527 e. The average molecular weight is 253 g/mol. The van der Waals surface area contributed by atoms with Crippen molar-refractivity contribution in [3.63, 3.8) is 0 Å². The van der Waals surface area contributed by atoms with Gasteiger partial charge >= 0.3 is 0 Å². The van der Waals surface area contributed by atoms with E-state index in [0.717, 1.165) is 18.4 Å². The lowest BCUT2D eigenvalue weighted by atomic mass is 9.82. The molecule has 1 aliphatic heterocycles. The summed E-state index contributed by atoms with van der Waals surface area (Å²) in [5.74, 6) is 0.987. The lowest BCUT2D eigenvalue weighted by molar-refractivity contribution is 0.0344. The molecule has 2 atom stereocenters. The average Bonchev–Trinajstić information content (AvgIpc) is 2.39. The van der Waals surface area contributed by atoms with E-state index in [4.69, 9.17) is 0 Å². The molecular formula is C16H31NO. The molecule has 0 bridgehead atoms. The van der Waals surface area contributed by atoms with Gasteiger partial charge in [-0.05, 0) is 64.3 Å². The fourth-order valence-corrected chi connectivity index (χ4v) is 4.04. The summed E-state index contributed by atoms with van der Waals surface area (Å²) in [6, 6.07) is 1.47. The number of likely N-dealkylation sites (tertiary alicyclic amines) is 1. The van der Waals surface area contributed by atoms with Gasteiger partial charge in [0.05, 0.1) is 6.10 Å². The van der Waals surface area contributed by atoms with E-state index >= 15 is 0 Å². The third kappa shape index (κ3) is 3.71. The van der Waals surface area contributed by atoms with Crippen LogP contribution >= 0.6 is 0 Å². The molecule has 1 saturated heterocycles. The lowest BCUT2D eigenvalue weighted by Crippen LogP contribution is -2.48. The standard InChI is InChI=1S/C16H31NO/c1-3-14-7-9-15(10-8-14)17-11-5-4-6-16(17)12-13(2)18/h13-16,18H,3-12H2,1-2H3. The molecule has 18 heavy (non-hydrogen) atoms. The van der Waals surface area contributed by atoms with Crippen molar-refractivity contribution < 1.29 is 5.11 Å². The van der Waals surface area contributed by atoms with Gasteiger partial charge in [0.25, 0.3) is 0 Å². The zero-order valence-corrected chi connectivity index (χ0v) is 12.3. The number of piperidine rings is 1. The summed E-state index contributed by atoms with van der Waals surface area (Å²) in [6.07, 6.45) is 11.9. The first-order chi connectivity index (χ1) is 8.70. The van der Waals surface area contributed by atoms with Crippen molar-refractivity contribution in [3.8, 4) is 0 Å². The highest BCUT2D eigenvalue weighted by atomic mass is 16.3. The second-order valence-corrected chi connectivity index (χ2v) is 6.55. The van der Waals surface area contributed by atoms with E-state index in [1.807, 2.05) is 6.92 Å². The van der Waals surface area contributed by atoms with Gasteiger partial charge in [0.15, 0.2) is 0 Å². The molecule has 2 aliphatic rings. The highest BCUT2D eigenvalue weighted by Crippen LogP contribution is 2.33. The van der Waals surface area contributed by atoms with Crippen LogP contribution in [0, 0.1) is 5.92 Å². The Morgan fingerprint density at radius 3 is 2.44 bits per heavy atom. The lowest BCUT2D eigenvalue weighted by Gasteiger charge is -2.44. The van der Waals surface area contributed by atoms with Crippen molar-refractivity contribution in [2.45, 2.75) is 89.8 Å². The number of aliphatic hydroxyl groups is 1. The zero-order chi connectivity index (χ0) is 13.0. The highest BCUT2D eigenvalue weighted by molar-refractivity contribution is 4.86. The van der Waals surface area contributed by atoms with E-state index in [1.165, 1.54) is 57.9 Å². The highest BCUT2D eigenvalue weighted by Gasteiger charge is 2.31. The molecule has 0 amide bonds. The molecule has 2 nitrogen and oxygen atoms in total. The summed E-state index contributed by atoms with van der Waals surface area (Å²) in [5.41, 5.74) is 0. The first-order valence-electron chi connectivity index (χ1n) is 8.14. The molecule has 1 saturated carbocycles. The van der Waals surface area contributed by atoms with Gasteiger partial charge in [-0.25, -0.2) is 0 Å². The van der Waals surface area contributed by atoms with Crippen molar-refractivity contribution >= 4 is 0 Å².